The Labute approximate surface area is 168 Å². The van der Waals surface area contributed by atoms with Crippen LogP contribution in [0.1, 0.15) is 14.3 Å². The molecule has 0 saturated carbocycles. The first-order chi connectivity index (χ1) is 10.2. The molecule has 0 heterocycles. The van der Waals surface area contributed by atoms with E-state index in [9.17, 15) is 24.0 Å². The number of hydrogen-bond acceptors (Lipinski definition) is 8. The second-order valence-electron chi connectivity index (χ2n) is 4.04. The van der Waals surface area contributed by atoms with Crippen LogP contribution in [0.25, 0.3) is 0 Å². The van der Waals surface area contributed by atoms with Crippen LogP contribution in [0.15, 0.2) is 0 Å². The zero-order valence-corrected chi connectivity index (χ0v) is 15.4. The summed E-state index contributed by atoms with van der Waals surface area (Å²) in [6.45, 7) is 0. The molecule has 0 rings (SSSR count). The Bertz CT molecular complexity index is 465. The molecule has 142 valence electrons. The minimum Gasteiger partial charge on any atom is -1.00 e. The van der Waals surface area contributed by atoms with Crippen LogP contribution in [0.5, 0.6) is 0 Å². The van der Waals surface area contributed by atoms with E-state index in [4.69, 9.17) is 40.9 Å². The molecule has 8 N–H and O–H groups in total. The van der Waals surface area contributed by atoms with Gasteiger partial charge in [0, 0.05) is 0 Å². The molecule has 0 aromatic rings. The molecule has 0 spiro atoms. The molecule has 0 radical (unpaired) electrons. The Hall–Kier alpha value is -1.48. The maximum Gasteiger partial charge on any atom is 1.00 e. The Morgan fingerprint density at radius 3 is 1.12 bits per heavy atom. The van der Waals surface area contributed by atoms with Gasteiger partial charge in [0.15, 0.2) is 17.8 Å². The molecule has 2 atom stereocenters. The van der Waals surface area contributed by atoms with Gasteiger partial charge >= 0.3 is 59.4 Å². The van der Waals surface area contributed by atoms with Crippen molar-refractivity contribution >= 4 is 42.3 Å². The average molecular weight is 403 g/mol. The summed E-state index contributed by atoms with van der Waals surface area (Å²) in [7, 11) is 0. The minimum atomic E-state index is -2.74. The van der Waals surface area contributed by atoms with Gasteiger partial charge in [-0.25, -0.2) is 14.4 Å². The van der Waals surface area contributed by atoms with Crippen LogP contribution in [0.3, 0.4) is 0 Å². The number of hydrogen-bond donors (Lipinski definition) is 8. The van der Waals surface area contributed by atoms with Crippen LogP contribution >= 0.6 is 12.4 Å². The van der Waals surface area contributed by atoms with Crippen molar-refractivity contribution < 1.29 is 95.8 Å². The van der Waals surface area contributed by atoms with Gasteiger partial charge in [0.1, 0.15) is 0 Å². The van der Waals surface area contributed by atoms with Crippen molar-refractivity contribution in [3.05, 3.63) is 0 Å². The van der Waals surface area contributed by atoms with E-state index in [1.807, 2.05) is 0 Å². The number of carboxylic acids is 5. The molecule has 0 bridgehead atoms. The fourth-order valence-electron chi connectivity index (χ4n) is 0.984. The van der Waals surface area contributed by atoms with Gasteiger partial charge in [-0.3, -0.25) is 9.59 Å². The zero-order chi connectivity index (χ0) is 19.0. The van der Waals surface area contributed by atoms with Gasteiger partial charge in [-0.2, -0.15) is 0 Å². The third-order valence-electron chi connectivity index (χ3n) is 2.09. The number of aliphatic carboxylic acids is 5. The topological polar surface area (TPSA) is 247 Å². The number of rotatable bonds is 8. The molecule has 0 aliphatic rings. The summed E-state index contributed by atoms with van der Waals surface area (Å²) in [5.74, 6) is -8.56. The van der Waals surface area contributed by atoms with Crippen molar-refractivity contribution in [1.82, 2.24) is 0 Å². The quantitative estimate of drug-likeness (QED) is 0.176. The molecule has 2 unspecified atom stereocenters. The van der Waals surface area contributed by atoms with Crippen molar-refractivity contribution in [2.75, 3.05) is 0 Å². The molecule has 0 aliphatic carbocycles. The largest absolute Gasteiger partial charge is 1.00 e. The number of aliphatic hydroxyl groups is 3. The Balaban J connectivity index is -0.000000104. The second-order valence-corrected chi connectivity index (χ2v) is 4.04. The monoisotopic (exact) mass is 402 g/mol. The average Bonchev–Trinajstić information content (AvgIpc) is 2.35. The summed E-state index contributed by atoms with van der Waals surface area (Å²) in [4.78, 5) is 50.0. The van der Waals surface area contributed by atoms with Crippen molar-refractivity contribution in [2.24, 2.45) is 0 Å². The van der Waals surface area contributed by atoms with Gasteiger partial charge in [-0.15, -0.1) is 12.4 Å². The normalized spacial score (nSPS) is 12.0. The van der Waals surface area contributed by atoms with E-state index in [0.717, 1.165) is 0 Å². The Morgan fingerprint density at radius 1 is 0.760 bits per heavy atom. The molecule has 13 nitrogen and oxygen atoms in total. The first kappa shape index (κ1) is 31.3. The van der Waals surface area contributed by atoms with Gasteiger partial charge in [0.25, 0.3) is 0 Å². The van der Waals surface area contributed by atoms with Crippen molar-refractivity contribution in [2.45, 2.75) is 30.7 Å². The SMILES string of the molecule is Cl.O=C(O)C(O)C(O)C(=O)O.O=C(O)CC(O)(CC(=O)O)C(=O)O.[H-].[Na+]. The van der Waals surface area contributed by atoms with E-state index in [1.165, 1.54) is 0 Å². The molecule has 15 heteroatoms. The van der Waals surface area contributed by atoms with Gasteiger partial charge in [-0.1, -0.05) is 0 Å². The smallest absolute Gasteiger partial charge is 1.00 e. The summed E-state index contributed by atoms with van der Waals surface area (Å²) in [5, 5.41) is 66.3. The van der Waals surface area contributed by atoms with E-state index < -0.39 is 60.5 Å². The summed E-state index contributed by atoms with van der Waals surface area (Å²) in [5.41, 5.74) is -2.74. The van der Waals surface area contributed by atoms with Gasteiger partial charge in [0.05, 0.1) is 12.8 Å². The fraction of sp³-hybridized carbons (Fsp3) is 0.500. The standard InChI is InChI=1S/C6H8O7.C4H6O6.ClH.Na.H/c7-3(8)1-6(13,5(11)12)2-4(9)10;5-1(3(7)8)2(6)4(9)10;;;/h13H,1-2H2,(H,7,8)(H,9,10)(H,11,12);1-2,5-6H,(H,7,8)(H,9,10);1H;;/q;;;+1;-1. The van der Waals surface area contributed by atoms with E-state index >= 15 is 0 Å². The third-order valence-corrected chi connectivity index (χ3v) is 2.09. The molecular formula is C10H16ClNaO13. The molecule has 0 fully saturated rings. The molecule has 0 aromatic heterocycles. The maximum atomic E-state index is 10.3. The van der Waals surface area contributed by atoms with Crippen molar-refractivity contribution in [3.63, 3.8) is 0 Å². The zero-order valence-electron chi connectivity index (χ0n) is 13.6. The fourth-order valence-corrected chi connectivity index (χ4v) is 0.984. The summed E-state index contributed by atoms with van der Waals surface area (Å²) < 4.78 is 0. The summed E-state index contributed by atoms with van der Waals surface area (Å²) in [6, 6.07) is 0. The number of halogens is 1. The predicted octanol–water partition coefficient (Wildman–Crippen LogP) is -5.83. The van der Waals surface area contributed by atoms with E-state index in [2.05, 4.69) is 0 Å². The number of carboxylic acid groups (broad SMARTS) is 5. The van der Waals surface area contributed by atoms with Crippen molar-refractivity contribution in [1.29, 1.82) is 0 Å². The van der Waals surface area contributed by atoms with Crippen LogP contribution in [0, 0.1) is 0 Å². The predicted molar refractivity (Wildman–Crippen MR) is 72.7 cm³/mol. The van der Waals surface area contributed by atoms with Crippen LogP contribution in [0.2, 0.25) is 0 Å². The van der Waals surface area contributed by atoms with Gasteiger partial charge in [-0.05, 0) is 0 Å². The minimum absolute atomic E-state index is 0. The third kappa shape index (κ3) is 13.5. The van der Waals surface area contributed by atoms with Crippen LogP contribution in [0.4, 0.5) is 0 Å². The molecule has 0 saturated heterocycles. The first-order valence-corrected chi connectivity index (χ1v) is 5.45. The van der Waals surface area contributed by atoms with Crippen LogP contribution < -0.4 is 29.6 Å². The molecular weight excluding hydrogens is 387 g/mol. The van der Waals surface area contributed by atoms with E-state index in [1.54, 1.807) is 0 Å². The van der Waals surface area contributed by atoms with Gasteiger partial charge in [0.2, 0.25) is 0 Å². The second kappa shape index (κ2) is 13.8. The maximum absolute atomic E-state index is 10.3. The van der Waals surface area contributed by atoms with Crippen LogP contribution in [-0.2, 0) is 24.0 Å². The summed E-state index contributed by atoms with van der Waals surface area (Å²) >= 11 is 0. The number of carbonyl (C=O) groups is 5. The van der Waals surface area contributed by atoms with Crippen molar-refractivity contribution in [3.8, 4) is 0 Å². The first-order valence-electron chi connectivity index (χ1n) is 5.45. The van der Waals surface area contributed by atoms with Gasteiger partial charge < -0.3 is 42.3 Å². The molecule has 0 aromatic carbocycles. The van der Waals surface area contributed by atoms with E-state index in [-0.39, 0.29) is 43.4 Å². The Kier molecular flexibility index (Phi) is 17.2. The Morgan fingerprint density at radius 2 is 1.00 bits per heavy atom. The molecule has 0 amide bonds. The van der Waals surface area contributed by atoms with Crippen LogP contribution in [-0.4, -0.2) is 88.5 Å². The van der Waals surface area contributed by atoms with E-state index in [0.29, 0.717) is 0 Å². The number of aliphatic hydroxyl groups excluding tert-OH is 2. The summed E-state index contributed by atoms with van der Waals surface area (Å²) in [6.07, 6.45) is -6.82. The molecule has 0 aliphatic heterocycles. The molecule has 25 heavy (non-hydrogen) atoms.